The maximum Gasteiger partial charge on any atom is 0.165 e. The van der Waals surface area contributed by atoms with E-state index in [1.807, 2.05) is 79.9 Å². The van der Waals surface area contributed by atoms with Gasteiger partial charge in [-0.3, -0.25) is 4.79 Å². The third kappa shape index (κ3) is 3.01. The summed E-state index contributed by atoms with van der Waals surface area (Å²) in [5, 5.41) is 11.8. The zero-order valence-electron chi connectivity index (χ0n) is 15.7. The molecule has 0 spiro atoms. The Kier molecular flexibility index (Phi) is 4.25. The van der Waals surface area contributed by atoms with E-state index in [-0.39, 0.29) is 5.78 Å². The second-order valence-electron chi connectivity index (χ2n) is 8.00. The van der Waals surface area contributed by atoms with E-state index >= 15 is 0 Å². The number of Topliss-reactive ketones (excluding diaryl/α,β-unsaturated/α-hetero) is 1. The standard InChI is InChI=1S/C23H22ClNO2/c1-14-4-10-17(11-5-14)25-19(15-6-8-16(24)9-7-15)12-18-20(26)13-23(2,3)22(27)21(18)25/h4-12,22,27H,13H2,1-3H3. The molecule has 138 valence electrons. The van der Waals surface area contributed by atoms with Crippen LogP contribution in [0.25, 0.3) is 16.9 Å². The van der Waals surface area contributed by atoms with Crippen LogP contribution in [0.5, 0.6) is 0 Å². The third-order valence-electron chi connectivity index (χ3n) is 5.39. The number of rotatable bonds is 2. The van der Waals surface area contributed by atoms with E-state index in [1.165, 1.54) is 0 Å². The number of aliphatic hydroxyl groups excluding tert-OH is 1. The zero-order chi connectivity index (χ0) is 19.3. The molecule has 3 nitrogen and oxygen atoms in total. The molecule has 1 N–H and O–H groups in total. The van der Waals surface area contributed by atoms with Crippen LogP contribution in [0.1, 0.15) is 48.0 Å². The maximum atomic E-state index is 12.8. The number of halogens is 1. The van der Waals surface area contributed by atoms with E-state index < -0.39 is 11.5 Å². The van der Waals surface area contributed by atoms with Gasteiger partial charge in [-0.1, -0.05) is 55.3 Å². The number of ketones is 1. The average Bonchev–Trinajstić information content (AvgIpc) is 3.02. The lowest BCUT2D eigenvalue weighted by molar-refractivity contribution is 0.0281. The molecule has 1 heterocycles. The summed E-state index contributed by atoms with van der Waals surface area (Å²) in [5.74, 6) is 0.0707. The quantitative estimate of drug-likeness (QED) is 0.615. The normalized spacial score (nSPS) is 18.4. The number of hydrogen-bond acceptors (Lipinski definition) is 2. The molecule has 2 aromatic carbocycles. The highest BCUT2D eigenvalue weighted by Crippen LogP contribution is 2.46. The van der Waals surface area contributed by atoms with Crippen LogP contribution in [-0.4, -0.2) is 15.5 Å². The van der Waals surface area contributed by atoms with Gasteiger partial charge in [0.05, 0.1) is 11.4 Å². The molecule has 0 bridgehead atoms. The highest BCUT2D eigenvalue weighted by atomic mass is 35.5. The first-order valence-electron chi connectivity index (χ1n) is 9.08. The van der Waals surface area contributed by atoms with E-state index in [4.69, 9.17) is 11.6 Å². The SMILES string of the molecule is Cc1ccc(-n2c(-c3ccc(Cl)cc3)cc3c2C(O)C(C)(C)CC3=O)cc1. The van der Waals surface area contributed by atoms with E-state index in [1.54, 1.807) is 0 Å². The number of fused-ring (bicyclic) bond motifs is 1. The minimum absolute atomic E-state index is 0.0707. The number of aliphatic hydroxyl groups is 1. The van der Waals surface area contributed by atoms with E-state index in [0.717, 1.165) is 22.5 Å². The van der Waals surface area contributed by atoms with Gasteiger partial charge < -0.3 is 9.67 Å². The van der Waals surface area contributed by atoms with Crippen LogP contribution in [0.2, 0.25) is 5.02 Å². The molecule has 1 atom stereocenters. The highest BCUT2D eigenvalue weighted by Gasteiger charge is 2.42. The Morgan fingerprint density at radius 3 is 2.33 bits per heavy atom. The molecule has 0 amide bonds. The molecule has 4 rings (SSSR count). The van der Waals surface area contributed by atoms with Crippen molar-refractivity contribution < 1.29 is 9.90 Å². The molecule has 1 unspecified atom stereocenters. The van der Waals surface area contributed by atoms with Crippen LogP contribution in [-0.2, 0) is 0 Å². The largest absolute Gasteiger partial charge is 0.386 e. The van der Waals surface area contributed by atoms with Gasteiger partial charge in [-0.2, -0.15) is 0 Å². The van der Waals surface area contributed by atoms with Crippen LogP contribution in [0.3, 0.4) is 0 Å². The molecule has 0 saturated heterocycles. The molecule has 1 aromatic heterocycles. The second-order valence-corrected chi connectivity index (χ2v) is 8.43. The van der Waals surface area contributed by atoms with Crippen LogP contribution >= 0.6 is 11.6 Å². The van der Waals surface area contributed by atoms with Crippen LogP contribution in [0, 0.1) is 12.3 Å². The molecule has 4 heteroatoms. The van der Waals surface area contributed by atoms with Gasteiger partial charge in [-0.05, 0) is 42.8 Å². The Hall–Kier alpha value is -2.36. The Bertz CT molecular complexity index is 1010. The Labute approximate surface area is 164 Å². The monoisotopic (exact) mass is 379 g/mol. The number of nitrogens with zero attached hydrogens (tertiary/aromatic N) is 1. The van der Waals surface area contributed by atoms with E-state index in [0.29, 0.717) is 22.7 Å². The summed E-state index contributed by atoms with van der Waals surface area (Å²) < 4.78 is 2.02. The minimum atomic E-state index is -0.729. The van der Waals surface area contributed by atoms with Gasteiger partial charge in [0.25, 0.3) is 0 Å². The molecular weight excluding hydrogens is 358 g/mol. The number of hydrogen-bond donors (Lipinski definition) is 1. The fraction of sp³-hybridized carbons (Fsp3) is 0.261. The van der Waals surface area contributed by atoms with Gasteiger partial charge >= 0.3 is 0 Å². The summed E-state index contributed by atoms with van der Waals surface area (Å²) in [7, 11) is 0. The van der Waals surface area contributed by atoms with Crippen LogP contribution in [0.15, 0.2) is 54.6 Å². The molecule has 1 aliphatic carbocycles. The van der Waals surface area contributed by atoms with Crippen molar-refractivity contribution in [2.24, 2.45) is 5.41 Å². The minimum Gasteiger partial charge on any atom is -0.386 e. The van der Waals surface area contributed by atoms with Crippen molar-refractivity contribution in [3.8, 4) is 16.9 Å². The first-order chi connectivity index (χ1) is 12.8. The predicted octanol–water partition coefficient (Wildman–Crippen LogP) is 5.75. The van der Waals surface area contributed by atoms with Crippen molar-refractivity contribution >= 4 is 17.4 Å². The van der Waals surface area contributed by atoms with E-state index in [2.05, 4.69) is 0 Å². The molecule has 1 aliphatic rings. The Balaban J connectivity index is 2.03. The summed E-state index contributed by atoms with van der Waals surface area (Å²) in [6.45, 7) is 5.91. The molecule has 0 radical (unpaired) electrons. The number of aryl methyl sites for hydroxylation is 1. The summed E-state index contributed by atoms with van der Waals surface area (Å²) in [6, 6.07) is 17.6. The number of benzene rings is 2. The summed E-state index contributed by atoms with van der Waals surface area (Å²) in [5.41, 5.74) is 4.68. The lowest BCUT2D eigenvalue weighted by atomic mass is 9.74. The molecule has 0 fully saturated rings. The number of aromatic nitrogens is 1. The van der Waals surface area contributed by atoms with Gasteiger partial charge in [0, 0.05) is 28.1 Å². The molecule has 0 aliphatic heterocycles. The second kappa shape index (κ2) is 6.36. The third-order valence-corrected chi connectivity index (χ3v) is 5.64. The van der Waals surface area contributed by atoms with Crippen molar-refractivity contribution in [3.05, 3.63) is 76.4 Å². The lowest BCUT2D eigenvalue weighted by Gasteiger charge is -2.35. The van der Waals surface area contributed by atoms with Crippen molar-refractivity contribution in [1.29, 1.82) is 0 Å². The van der Waals surface area contributed by atoms with Gasteiger partial charge in [-0.25, -0.2) is 0 Å². The van der Waals surface area contributed by atoms with Crippen molar-refractivity contribution in [3.63, 3.8) is 0 Å². The van der Waals surface area contributed by atoms with Crippen LogP contribution in [0.4, 0.5) is 0 Å². The van der Waals surface area contributed by atoms with Gasteiger partial charge in [0.2, 0.25) is 0 Å². The lowest BCUT2D eigenvalue weighted by Crippen LogP contribution is -2.32. The first-order valence-corrected chi connectivity index (χ1v) is 9.45. The molecule has 3 aromatic rings. The Morgan fingerprint density at radius 1 is 1.07 bits per heavy atom. The van der Waals surface area contributed by atoms with Gasteiger partial charge in [0.15, 0.2) is 5.78 Å². The topological polar surface area (TPSA) is 42.2 Å². The van der Waals surface area contributed by atoms with Gasteiger partial charge in [-0.15, -0.1) is 0 Å². The zero-order valence-corrected chi connectivity index (χ0v) is 16.4. The predicted molar refractivity (Wildman–Crippen MR) is 109 cm³/mol. The Morgan fingerprint density at radius 2 is 1.70 bits per heavy atom. The van der Waals surface area contributed by atoms with Gasteiger partial charge in [0.1, 0.15) is 6.10 Å². The molecule has 27 heavy (non-hydrogen) atoms. The van der Waals surface area contributed by atoms with Crippen molar-refractivity contribution in [2.75, 3.05) is 0 Å². The first kappa shape index (κ1) is 18.0. The summed E-state index contributed by atoms with van der Waals surface area (Å²) >= 11 is 6.06. The highest BCUT2D eigenvalue weighted by molar-refractivity contribution is 6.30. The van der Waals surface area contributed by atoms with Crippen molar-refractivity contribution in [2.45, 2.75) is 33.3 Å². The fourth-order valence-corrected chi connectivity index (χ4v) is 3.93. The van der Waals surface area contributed by atoms with Crippen LogP contribution < -0.4 is 0 Å². The van der Waals surface area contributed by atoms with Crippen molar-refractivity contribution in [1.82, 2.24) is 4.57 Å². The number of carbonyl (C=O) groups is 1. The summed E-state index contributed by atoms with van der Waals surface area (Å²) in [6.07, 6.45) is -0.397. The molecular formula is C23H22ClNO2. The average molecular weight is 380 g/mol. The smallest absolute Gasteiger partial charge is 0.165 e. The molecule has 0 saturated carbocycles. The summed E-state index contributed by atoms with van der Waals surface area (Å²) in [4.78, 5) is 12.8. The fourth-order valence-electron chi connectivity index (χ4n) is 3.80. The maximum absolute atomic E-state index is 12.8. The van der Waals surface area contributed by atoms with E-state index in [9.17, 15) is 9.90 Å². The number of carbonyl (C=O) groups excluding carboxylic acids is 1.